The normalized spacial score (nSPS) is 20.3. The van der Waals surface area contributed by atoms with Crippen molar-refractivity contribution in [1.29, 1.82) is 0 Å². The number of carbonyl (C=O) groups excluding carboxylic acids is 2. The highest BCUT2D eigenvalue weighted by Crippen LogP contribution is 2.38. The van der Waals surface area contributed by atoms with Crippen molar-refractivity contribution >= 4 is 40.5 Å². The number of amides is 2. The smallest absolute Gasteiger partial charge is 0.267 e. The Hall–Kier alpha value is -4.02. The SMILES string of the molecule is COC1CCN(c2cccc3c2CCN(C(=O)[C@H]2CC(c4cccc(Cl)c4F)=NO2)[C@@H]3C(=O)Nc2ccc(F)cc2)CC1. The Morgan fingerprint density at radius 3 is 2.51 bits per heavy atom. The van der Waals surface area contributed by atoms with Gasteiger partial charge >= 0.3 is 0 Å². The quantitative estimate of drug-likeness (QED) is 0.400. The van der Waals surface area contributed by atoms with E-state index in [1.165, 1.54) is 41.3 Å². The third kappa shape index (κ3) is 5.81. The van der Waals surface area contributed by atoms with Crippen molar-refractivity contribution in [2.45, 2.75) is 43.9 Å². The average molecular weight is 609 g/mol. The number of anilines is 2. The summed E-state index contributed by atoms with van der Waals surface area (Å²) < 4.78 is 33.8. The summed E-state index contributed by atoms with van der Waals surface area (Å²) in [5.41, 5.74) is 3.60. The number of methoxy groups -OCH3 is 1. The number of hydrogen-bond acceptors (Lipinski definition) is 6. The largest absolute Gasteiger partial charge is 0.382 e. The lowest BCUT2D eigenvalue weighted by atomic mass is 9.89. The molecule has 8 nitrogen and oxygen atoms in total. The van der Waals surface area contributed by atoms with Crippen LogP contribution in [0, 0.1) is 11.6 Å². The van der Waals surface area contributed by atoms with Gasteiger partial charge in [-0.1, -0.05) is 35.0 Å². The molecule has 224 valence electrons. The number of ether oxygens (including phenoxy) is 1. The maximum atomic E-state index is 14.7. The third-order valence-electron chi connectivity index (χ3n) is 8.36. The summed E-state index contributed by atoms with van der Waals surface area (Å²) in [7, 11) is 1.73. The van der Waals surface area contributed by atoms with E-state index in [1.54, 1.807) is 13.2 Å². The van der Waals surface area contributed by atoms with Crippen LogP contribution in [0.2, 0.25) is 5.02 Å². The van der Waals surface area contributed by atoms with E-state index in [9.17, 15) is 18.4 Å². The van der Waals surface area contributed by atoms with Gasteiger partial charge in [0.05, 0.1) is 16.8 Å². The van der Waals surface area contributed by atoms with Crippen LogP contribution in [0.3, 0.4) is 0 Å². The number of halogens is 3. The highest BCUT2D eigenvalue weighted by Gasteiger charge is 2.42. The number of rotatable bonds is 6. The van der Waals surface area contributed by atoms with Crippen molar-refractivity contribution in [2.75, 3.05) is 37.0 Å². The molecule has 0 radical (unpaired) electrons. The fourth-order valence-electron chi connectivity index (χ4n) is 6.12. The van der Waals surface area contributed by atoms with E-state index >= 15 is 0 Å². The second-order valence-corrected chi connectivity index (χ2v) is 11.3. The van der Waals surface area contributed by atoms with Gasteiger partial charge in [0, 0.05) is 50.1 Å². The molecule has 0 unspecified atom stereocenters. The predicted octanol–water partition coefficient (Wildman–Crippen LogP) is 5.49. The molecule has 2 amide bonds. The van der Waals surface area contributed by atoms with Gasteiger partial charge in [-0.3, -0.25) is 9.59 Å². The minimum absolute atomic E-state index is 0.0280. The molecule has 1 N–H and O–H groups in total. The van der Waals surface area contributed by atoms with Gasteiger partial charge in [0.25, 0.3) is 11.8 Å². The van der Waals surface area contributed by atoms with Crippen LogP contribution >= 0.6 is 11.6 Å². The van der Waals surface area contributed by atoms with Crippen molar-refractivity contribution in [2.24, 2.45) is 5.16 Å². The van der Waals surface area contributed by atoms with Crippen LogP contribution < -0.4 is 10.2 Å². The summed E-state index contributed by atoms with van der Waals surface area (Å²) in [5, 5.41) is 6.80. The highest BCUT2D eigenvalue weighted by atomic mass is 35.5. The lowest BCUT2D eigenvalue weighted by molar-refractivity contribution is -0.148. The molecule has 1 fully saturated rings. The molecular formula is C32H31ClF2N4O4. The maximum absolute atomic E-state index is 14.7. The summed E-state index contributed by atoms with van der Waals surface area (Å²) in [6, 6.07) is 14.9. The summed E-state index contributed by atoms with van der Waals surface area (Å²) in [6.07, 6.45) is 1.54. The van der Waals surface area contributed by atoms with Gasteiger partial charge in [0.15, 0.2) is 5.82 Å². The Morgan fingerprint density at radius 2 is 1.77 bits per heavy atom. The maximum Gasteiger partial charge on any atom is 0.267 e. The fourth-order valence-corrected chi connectivity index (χ4v) is 6.30. The van der Waals surface area contributed by atoms with Crippen LogP contribution in [-0.2, 0) is 25.6 Å². The van der Waals surface area contributed by atoms with Crippen molar-refractivity contribution in [3.05, 3.63) is 94.0 Å². The standard InChI is InChI=1S/C32H31ClF2N4O4/c1-42-21-12-15-38(16-13-21)27-7-3-4-23-22(27)14-17-39(30(23)31(40)36-20-10-8-19(34)9-11-20)32(41)28-18-26(37-43-28)24-5-2-6-25(33)29(24)35/h2-11,21,28,30H,12-18H2,1H3,(H,36,40)/t28-,30+/m1/s1. The molecule has 11 heteroatoms. The molecule has 0 aliphatic carbocycles. The zero-order chi connectivity index (χ0) is 30.1. The van der Waals surface area contributed by atoms with Crippen LogP contribution in [0.25, 0.3) is 0 Å². The van der Waals surface area contributed by atoms with Gasteiger partial charge in [0.2, 0.25) is 6.10 Å². The van der Waals surface area contributed by atoms with E-state index < -0.39 is 35.6 Å². The molecule has 0 saturated carbocycles. The van der Waals surface area contributed by atoms with Crippen LogP contribution in [0.1, 0.15) is 42.0 Å². The number of piperidine rings is 1. The van der Waals surface area contributed by atoms with E-state index in [0.717, 1.165) is 37.2 Å². The van der Waals surface area contributed by atoms with Gasteiger partial charge in [0.1, 0.15) is 11.9 Å². The Balaban J connectivity index is 1.29. The number of fused-ring (bicyclic) bond motifs is 1. The summed E-state index contributed by atoms with van der Waals surface area (Å²) in [4.78, 5) is 37.2. The number of carbonyl (C=O) groups is 2. The van der Waals surface area contributed by atoms with Gasteiger partial charge in [-0.2, -0.15) is 0 Å². The molecule has 3 aliphatic rings. The van der Waals surface area contributed by atoms with Crippen molar-refractivity contribution in [3.63, 3.8) is 0 Å². The van der Waals surface area contributed by atoms with Crippen molar-refractivity contribution < 1.29 is 27.9 Å². The minimum Gasteiger partial charge on any atom is -0.382 e. The zero-order valence-electron chi connectivity index (χ0n) is 23.6. The zero-order valence-corrected chi connectivity index (χ0v) is 24.3. The number of oxime groups is 1. The third-order valence-corrected chi connectivity index (χ3v) is 8.65. The topological polar surface area (TPSA) is 83.5 Å². The molecule has 3 heterocycles. The molecular weight excluding hydrogens is 578 g/mol. The molecule has 2 atom stereocenters. The molecule has 3 aromatic carbocycles. The Kier molecular flexibility index (Phi) is 8.32. The first-order valence-electron chi connectivity index (χ1n) is 14.3. The number of hydrogen-bond donors (Lipinski definition) is 1. The van der Waals surface area contributed by atoms with E-state index in [0.29, 0.717) is 17.7 Å². The Labute approximate surface area is 253 Å². The summed E-state index contributed by atoms with van der Waals surface area (Å²) in [6.45, 7) is 1.90. The van der Waals surface area contributed by atoms with Crippen molar-refractivity contribution in [3.8, 4) is 0 Å². The van der Waals surface area contributed by atoms with Crippen LogP contribution in [0.5, 0.6) is 0 Å². The second kappa shape index (κ2) is 12.3. The van der Waals surface area contributed by atoms with Crippen molar-refractivity contribution in [1.82, 2.24) is 4.90 Å². The lowest BCUT2D eigenvalue weighted by Gasteiger charge is -2.40. The number of benzene rings is 3. The fraction of sp³-hybridized carbons (Fsp3) is 0.344. The highest BCUT2D eigenvalue weighted by molar-refractivity contribution is 6.31. The number of nitrogens with one attached hydrogen (secondary N) is 1. The van der Waals surface area contributed by atoms with Crippen LogP contribution in [0.15, 0.2) is 65.8 Å². The van der Waals surface area contributed by atoms with Gasteiger partial charge in [-0.15, -0.1) is 0 Å². The Morgan fingerprint density at radius 1 is 1.02 bits per heavy atom. The molecule has 3 aromatic rings. The molecule has 3 aliphatic heterocycles. The number of nitrogens with zero attached hydrogens (tertiary/aromatic N) is 3. The predicted molar refractivity (Wildman–Crippen MR) is 159 cm³/mol. The minimum atomic E-state index is -1.03. The second-order valence-electron chi connectivity index (χ2n) is 10.9. The van der Waals surface area contributed by atoms with E-state index in [4.69, 9.17) is 21.2 Å². The van der Waals surface area contributed by atoms with Gasteiger partial charge in [-0.25, -0.2) is 8.78 Å². The average Bonchev–Trinajstić information content (AvgIpc) is 3.52. The first-order chi connectivity index (χ1) is 20.8. The van der Waals surface area contributed by atoms with E-state index in [-0.39, 0.29) is 35.4 Å². The summed E-state index contributed by atoms with van der Waals surface area (Å²) >= 11 is 5.95. The summed E-state index contributed by atoms with van der Waals surface area (Å²) in [5.74, 6) is -1.93. The van der Waals surface area contributed by atoms with Gasteiger partial charge < -0.3 is 24.7 Å². The van der Waals surface area contributed by atoms with E-state index in [2.05, 4.69) is 21.4 Å². The van der Waals surface area contributed by atoms with Crippen LogP contribution in [0.4, 0.5) is 20.2 Å². The first-order valence-corrected chi connectivity index (χ1v) is 14.7. The van der Waals surface area contributed by atoms with Crippen LogP contribution in [-0.4, -0.2) is 61.4 Å². The molecule has 1 saturated heterocycles. The molecule has 0 aromatic heterocycles. The van der Waals surface area contributed by atoms with E-state index in [1.807, 2.05) is 12.1 Å². The molecule has 43 heavy (non-hydrogen) atoms. The lowest BCUT2D eigenvalue weighted by Crippen LogP contribution is -2.49. The Bertz CT molecular complexity index is 1560. The molecule has 0 spiro atoms. The monoisotopic (exact) mass is 608 g/mol. The van der Waals surface area contributed by atoms with Gasteiger partial charge in [-0.05, 0) is 72.9 Å². The molecule has 6 rings (SSSR count). The molecule has 0 bridgehead atoms. The first kappa shape index (κ1) is 29.1.